The molecule has 0 saturated heterocycles. The van der Waals surface area contributed by atoms with E-state index in [4.69, 9.17) is 11.6 Å². The number of rotatable bonds is 2. The van der Waals surface area contributed by atoms with Crippen LogP contribution in [0.15, 0.2) is 36.7 Å². The molecule has 0 radical (unpaired) electrons. The molecule has 2 nitrogen and oxygen atoms in total. The van der Waals surface area contributed by atoms with Crippen molar-refractivity contribution in [2.24, 2.45) is 0 Å². The minimum absolute atomic E-state index is 0.0725. The van der Waals surface area contributed by atoms with E-state index >= 15 is 0 Å². The molecule has 0 aliphatic carbocycles. The molecule has 0 atom stereocenters. The predicted octanol–water partition coefficient (Wildman–Crippen LogP) is 3.35. The van der Waals surface area contributed by atoms with Crippen molar-refractivity contribution in [2.45, 2.75) is 0 Å². The molecule has 0 unspecified atom stereocenters. The van der Waals surface area contributed by atoms with Gasteiger partial charge in [-0.05, 0) is 23.8 Å². The number of aromatic nitrogens is 1. The summed E-state index contributed by atoms with van der Waals surface area (Å²) in [6.07, 6.45) is 3.71. The lowest BCUT2D eigenvalue weighted by atomic mass is 10.1. The quantitative estimate of drug-likeness (QED) is 0.747. The summed E-state index contributed by atoms with van der Waals surface area (Å²) >= 11 is 5.58. The lowest BCUT2D eigenvalue weighted by Gasteiger charge is -2.02. The van der Waals surface area contributed by atoms with Crippen LogP contribution in [0, 0.1) is 5.82 Å². The van der Waals surface area contributed by atoms with Crippen LogP contribution in [0.5, 0.6) is 0 Å². The van der Waals surface area contributed by atoms with E-state index < -0.39 is 5.82 Å². The lowest BCUT2D eigenvalue weighted by Crippen LogP contribution is -1.86. The summed E-state index contributed by atoms with van der Waals surface area (Å²) < 4.78 is 13.2. The third-order valence-electron chi connectivity index (χ3n) is 2.15. The maximum atomic E-state index is 13.2. The lowest BCUT2D eigenvalue weighted by molar-refractivity contribution is 0.112. The van der Waals surface area contributed by atoms with E-state index in [1.165, 1.54) is 18.3 Å². The van der Waals surface area contributed by atoms with Crippen LogP contribution in [-0.4, -0.2) is 11.3 Å². The van der Waals surface area contributed by atoms with E-state index in [2.05, 4.69) is 4.98 Å². The fourth-order valence-electron chi connectivity index (χ4n) is 1.36. The Morgan fingerprint density at radius 2 is 2.00 bits per heavy atom. The summed E-state index contributed by atoms with van der Waals surface area (Å²) in [6.45, 7) is 0. The molecule has 16 heavy (non-hydrogen) atoms. The molecule has 0 fully saturated rings. The molecule has 1 aromatic heterocycles. The molecule has 0 amide bonds. The van der Waals surface area contributed by atoms with Gasteiger partial charge in [0.1, 0.15) is 5.82 Å². The van der Waals surface area contributed by atoms with Crippen molar-refractivity contribution in [2.75, 3.05) is 0 Å². The van der Waals surface area contributed by atoms with Crippen LogP contribution in [0.25, 0.3) is 11.1 Å². The summed E-state index contributed by atoms with van der Waals surface area (Å²) in [4.78, 5) is 14.5. The van der Waals surface area contributed by atoms with Crippen molar-refractivity contribution >= 4 is 17.9 Å². The zero-order valence-corrected chi connectivity index (χ0v) is 8.91. The van der Waals surface area contributed by atoms with Gasteiger partial charge in [-0.2, -0.15) is 0 Å². The Hall–Kier alpha value is -1.74. The molecular weight excluding hydrogens is 229 g/mol. The van der Waals surface area contributed by atoms with Crippen molar-refractivity contribution in [1.29, 1.82) is 0 Å². The molecule has 2 aromatic rings. The summed E-state index contributed by atoms with van der Waals surface area (Å²) in [5.74, 6) is -0.490. The van der Waals surface area contributed by atoms with Gasteiger partial charge in [-0.15, -0.1) is 0 Å². The molecule has 0 spiro atoms. The second kappa shape index (κ2) is 4.41. The standard InChI is InChI=1S/C12H7ClFNO/c13-11-2-1-9(4-12(11)14)10-3-8(7-16)5-15-6-10/h1-7H. The van der Waals surface area contributed by atoms with Crippen LogP contribution >= 0.6 is 11.6 Å². The van der Waals surface area contributed by atoms with Crippen molar-refractivity contribution in [3.8, 4) is 11.1 Å². The molecule has 1 heterocycles. The number of nitrogens with zero attached hydrogens (tertiary/aromatic N) is 1. The second-order valence-corrected chi connectivity index (χ2v) is 3.66. The highest BCUT2D eigenvalue weighted by Gasteiger charge is 2.04. The topological polar surface area (TPSA) is 30.0 Å². The highest BCUT2D eigenvalue weighted by molar-refractivity contribution is 6.30. The van der Waals surface area contributed by atoms with E-state index in [1.807, 2.05) is 0 Å². The molecular formula is C12H7ClFNO. The highest BCUT2D eigenvalue weighted by Crippen LogP contribution is 2.23. The van der Waals surface area contributed by atoms with Gasteiger partial charge in [-0.1, -0.05) is 17.7 Å². The number of hydrogen-bond donors (Lipinski definition) is 0. The van der Waals surface area contributed by atoms with Crippen molar-refractivity contribution in [1.82, 2.24) is 4.98 Å². The van der Waals surface area contributed by atoms with Gasteiger partial charge in [0.05, 0.1) is 5.02 Å². The Labute approximate surface area is 96.7 Å². The Morgan fingerprint density at radius 1 is 1.19 bits per heavy atom. The second-order valence-electron chi connectivity index (χ2n) is 3.25. The first-order valence-electron chi connectivity index (χ1n) is 4.56. The number of carbonyl (C=O) groups excluding carboxylic acids is 1. The van der Waals surface area contributed by atoms with Crippen molar-refractivity contribution in [3.63, 3.8) is 0 Å². The minimum atomic E-state index is -0.490. The minimum Gasteiger partial charge on any atom is -0.298 e. The number of benzene rings is 1. The first-order chi connectivity index (χ1) is 7.70. The zero-order valence-electron chi connectivity index (χ0n) is 8.15. The molecule has 0 aliphatic heterocycles. The maximum absolute atomic E-state index is 13.2. The van der Waals surface area contributed by atoms with E-state index in [9.17, 15) is 9.18 Å². The molecule has 0 bridgehead atoms. The van der Waals surface area contributed by atoms with Gasteiger partial charge in [0.25, 0.3) is 0 Å². The van der Waals surface area contributed by atoms with Crippen LogP contribution in [0.1, 0.15) is 10.4 Å². The number of halogens is 2. The first-order valence-corrected chi connectivity index (χ1v) is 4.94. The summed E-state index contributed by atoms with van der Waals surface area (Å²) in [5.41, 5.74) is 1.77. The van der Waals surface area contributed by atoms with Gasteiger partial charge in [0.15, 0.2) is 6.29 Å². The van der Waals surface area contributed by atoms with Gasteiger partial charge in [0.2, 0.25) is 0 Å². The monoisotopic (exact) mass is 235 g/mol. The van der Waals surface area contributed by atoms with E-state index in [0.717, 1.165) is 0 Å². The number of carbonyl (C=O) groups is 1. The summed E-state index contributed by atoms with van der Waals surface area (Å²) in [7, 11) is 0. The average Bonchev–Trinajstić information content (AvgIpc) is 2.33. The van der Waals surface area contributed by atoms with E-state index in [-0.39, 0.29) is 5.02 Å². The van der Waals surface area contributed by atoms with Gasteiger partial charge in [0, 0.05) is 23.5 Å². The Bertz CT molecular complexity index is 542. The third kappa shape index (κ3) is 2.09. The molecule has 4 heteroatoms. The first kappa shape index (κ1) is 10.8. The van der Waals surface area contributed by atoms with Crippen LogP contribution in [0.3, 0.4) is 0 Å². The van der Waals surface area contributed by atoms with E-state index in [0.29, 0.717) is 23.0 Å². The van der Waals surface area contributed by atoms with Crippen LogP contribution in [0.2, 0.25) is 5.02 Å². The normalized spacial score (nSPS) is 10.1. The fourth-order valence-corrected chi connectivity index (χ4v) is 1.47. The number of hydrogen-bond acceptors (Lipinski definition) is 2. The molecule has 0 saturated carbocycles. The van der Waals surface area contributed by atoms with Crippen molar-refractivity contribution in [3.05, 3.63) is 53.1 Å². The maximum Gasteiger partial charge on any atom is 0.151 e. The summed E-state index contributed by atoms with van der Waals surface area (Å²) in [6, 6.07) is 6.10. The average molecular weight is 236 g/mol. The number of aldehydes is 1. The zero-order chi connectivity index (χ0) is 11.5. The molecule has 1 aromatic carbocycles. The SMILES string of the molecule is O=Cc1cncc(-c2ccc(Cl)c(F)c2)c1. The van der Waals surface area contributed by atoms with Gasteiger partial charge < -0.3 is 0 Å². The Kier molecular flexibility index (Phi) is 2.97. The smallest absolute Gasteiger partial charge is 0.151 e. The third-order valence-corrected chi connectivity index (χ3v) is 2.45. The molecule has 0 aliphatic rings. The Morgan fingerprint density at radius 3 is 2.69 bits per heavy atom. The van der Waals surface area contributed by atoms with Crippen LogP contribution in [-0.2, 0) is 0 Å². The Balaban J connectivity index is 2.49. The van der Waals surface area contributed by atoms with Crippen LogP contribution in [0.4, 0.5) is 4.39 Å². The molecule has 2 rings (SSSR count). The van der Waals surface area contributed by atoms with Crippen molar-refractivity contribution < 1.29 is 9.18 Å². The van der Waals surface area contributed by atoms with E-state index in [1.54, 1.807) is 18.3 Å². The molecule has 80 valence electrons. The summed E-state index contributed by atoms with van der Waals surface area (Å²) in [5, 5.41) is 0.0725. The molecule has 0 N–H and O–H groups in total. The predicted molar refractivity (Wildman–Crippen MR) is 60.0 cm³/mol. The fraction of sp³-hybridized carbons (Fsp3) is 0. The van der Waals surface area contributed by atoms with Gasteiger partial charge in [-0.25, -0.2) is 4.39 Å². The number of pyridine rings is 1. The largest absolute Gasteiger partial charge is 0.298 e. The van der Waals surface area contributed by atoms with Gasteiger partial charge >= 0.3 is 0 Å². The highest BCUT2D eigenvalue weighted by atomic mass is 35.5. The van der Waals surface area contributed by atoms with Gasteiger partial charge in [-0.3, -0.25) is 9.78 Å². The van der Waals surface area contributed by atoms with Crippen LogP contribution < -0.4 is 0 Å².